The first kappa shape index (κ1) is 21.7. The molecular weight excluding hydrogens is 440 g/mol. The molecule has 0 spiro atoms. The molecule has 5 rings (SSSR count). The summed E-state index contributed by atoms with van der Waals surface area (Å²) in [5, 5.41) is 10.2. The molecule has 0 bridgehead atoms. The fourth-order valence-electron chi connectivity index (χ4n) is 3.87. The van der Waals surface area contributed by atoms with Crippen LogP contribution in [0.5, 0.6) is 0 Å². The molecule has 0 heterocycles. The molecule has 0 fully saturated rings. The Labute approximate surface area is 202 Å². The van der Waals surface area contributed by atoms with E-state index in [4.69, 9.17) is 0 Å². The SMILES string of the molecule is O=C(CSc1cccc(NC(=O)c2ccc3ccccc3c2)c1)Nc1cccc2ccccc12. The summed E-state index contributed by atoms with van der Waals surface area (Å²) >= 11 is 1.43. The van der Waals surface area contributed by atoms with Crippen molar-refractivity contribution in [3.8, 4) is 0 Å². The van der Waals surface area contributed by atoms with Crippen LogP contribution < -0.4 is 10.6 Å². The van der Waals surface area contributed by atoms with E-state index < -0.39 is 0 Å². The highest BCUT2D eigenvalue weighted by molar-refractivity contribution is 8.00. The van der Waals surface area contributed by atoms with Crippen LogP contribution in [0.15, 0.2) is 114 Å². The molecule has 2 N–H and O–H groups in total. The second kappa shape index (κ2) is 9.81. The lowest BCUT2D eigenvalue weighted by Crippen LogP contribution is -2.14. The van der Waals surface area contributed by atoms with Gasteiger partial charge in [-0.05, 0) is 52.6 Å². The fraction of sp³-hybridized carbons (Fsp3) is 0.0345. The number of carbonyl (C=O) groups is 2. The average Bonchev–Trinajstić information content (AvgIpc) is 2.87. The molecule has 5 heteroatoms. The van der Waals surface area contributed by atoms with Gasteiger partial charge in [-0.15, -0.1) is 11.8 Å². The zero-order chi connectivity index (χ0) is 23.3. The van der Waals surface area contributed by atoms with E-state index in [0.717, 1.165) is 32.1 Å². The van der Waals surface area contributed by atoms with E-state index in [1.807, 2.05) is 109 Å². The van der Waals surface area contributed by atoms with E-state index in [2.05, 4.69) is 10.6 Å². The van der Waals surface area contributed by atoms with Crippen molar-refractivity contribution in [2.24, 2.45) is 0 Å². The number of hydrogen-bond acceptors (Lipinski definition) is 3. The Balaban J connectivity index is 1.22. The van der Waals surface area contributed by atoms with Gasteiger partial charge in [-0.3, -0.25) is 9.59 Å². The first-order valence-corrected chi connectivity index (χ1v) is 11.9. The van der Waals surface area contributed by atoms with Crippen LogP contribution in [0.25, 0.3) is 21.5 Å². The van der Waals surface area contributed by atoms with E-state index in [9.17, 15) is 9.59 Å². The van der Waals surface area contributed by atoms with Gasteiger partial charge in [0, 0.05) is 27.2 Å². The van der Waals surface area contributed by atoms with E-state index in [0.29, 0.717) is 11.3 Å². The van der Waals surface area contributed by atoms with E-state index >= 15 is 0 Å². The number of benzene rings is 5. The van der Waals surface area contributed by atoms with E-state index in [-0.39, 0.29) is 17.6 Å². The fourth-order valence-corrected chi connectivity index (χ4v) is 4.62. The van der Waals surface area contributed by atoms with Crippen LogP contribution in [0.2, 0.25) is 0 Å². The smallest absolute Gasteiger partial charge is 0.255 e. The number of hydrogen-bond donors (Lipinski definition) is 2. The van der Waals surface area contributed by atoms with Crippen LogP contribution >= 0.6 is 11.8 Å². The maximum Gasteiger partial charge on any atom is 0.255 e. The molecule has 0 saturated heterocycles. The van der Waals surface area contributed by atoms with Crippen molar-refractivity contribution in [1.82, 2.24) is 0 Å². The highest BCUT2D eigenvalue weighted by Crippen LogP contribution is 2.25. The molecule has 4 nitrogen and oxygen atoms in total. The molecule has 0 radical (unpaired) electrons. The summed E-state index contributed by atoms with van der Waals surface area (Å²) in [6, 6.07) is 35.0. The predicted octanol–water partition coefficient (Wildman–Crippen LogP) is 6.98. The van der Waals surface area contributed by atoms with Gasteiger partial charge in [0.25, 0.3) is 5.91 Å². The maximum atomic E-state index is 12.8. The van der Waals surface area contributed by atoms with E-state index in [1.165, 1.54) is 11.8 Å². The van der Waals surface area contributed by atoms with Crippen LogP contribution in [0.4, 0.5) is 11.4 Å². The molecule has 5 aromatic carbocycles. The molecule has 0 unspecified atom stereocenters. The summed E-state index contributed by atoms with van der Waals surface area (Å²) in [5.41, 5.74) is 2.10. The van der Waals surface area contributed by atoms with Crippen molar-refractivity contribution in [1.29, 1.82) is 0 Å². The lowest BCUT2D eigenvalue weighted by Gasteiger charge is -2.10. The van der Waals surface area contributed by atoms with Crippen molar-refractivity contribution in [2.45, 2.75) is 4.90 Å². The van der Waals surface area contributed by atoms with Gasteiger partial charge in [0.2, 0.25) is 5.91 Å². The summed E-state index contributed by atoms with van der Waals surface area (Å²) in [5.74, 6) is 0.0271. The predicted molar refractivity (Wildman–Crippen MR) is 142 cm³/mol. The van der Waals surface area contributed by atoms with Gasteiger partial charge in [-0.1, -0.05) is 72.8 Å². The molecule has 2 amide bonds. The van der Waals surface area contributed by atoms with Crippen molar-refractivity contribution >= 4 is 56.5 Å². The molecule has 0 aromatic heterocycles. The Bertz CT molecular complexity index is 1510. The van der Waals surface area contributed by atoms with Gasteiger partial charge in [0.05, 0.1) is 5.75 Å². The Morgan fingerprint density at radius 1 is 0.647 bits per heavy atom. The lowest BCUT2D eigenvalue weighted by molar-refractivity contribution is -0.113. The van der Waals surface area contributed by atoms with Crippen molar-refractivity contribution in [3.05, 3.63) is 115 Å². The molecule has 5 aromatic rings. The zero-order valence-electron chi connectivity index (χ0n) is 18.3. The Kier molecular flexibility index (Phi) is 6.27. The third-order valence-corrected chi connectivity index (χ3v) is 6.53. The minimum absolute atomic E-state index is 0.0769. The number of carbonyl (C=O) groups excluding carboxylic acids is 2. The summed E-state index contributed by atoms with van der Waals surface area (Å²) in [6.07, 6.45) is 0. The quantitative estimate of drug-likeness (QED) is 0.268. The zero-order valence-corrected chi connectivity index (χ0v) is 19.1. The minimum Gasteiger partial charge on any atom is -0.325 e. The second-order valence-electron chi connectivity index (χ2n) is 7.91. The number of fused-ring (bicyclic) bond motifs is 2. The number of nitrogens with one attached hydrogen (secondary N) is 2. The number of thioether (sulfide) groups is 1. The summed E-state index contributed by atoms with van der Waals surface area (Å²) in [6.45, 7) is 0. The second-order valence-corrected chi connectivity index (χ2v) is 8.96. The molecule has 0 saturated carbocycles. The normalized spacial score (nSPS) is 10.8. The van der Waals surface area contributed by atoms with Crippen LogP contribution in [-0.2, 0) is 4.79 Å². The Hall–Kier alpha value is -4.09. The molecule has 0 aliphatic carbocycles. The number of anilines is 2. The molecule has 166 valence electrons. The minimum atomic E-state index is -0.165. The van der Waals surface area contributed by atoms with Crippen molar-refractivity contribution in [2.75, 3.05) is 16.4 Å². The Morgan fingerprint density at radius 3 is 2.26 bits per heavy atom. The largest absolute Gasteiger partial charge is 0.325 e. The number of rotatable bonds is 6. The van der Waals surface area contributed by atoms with Gasteiger partial charge in [-0.25, -0.2) is 0 Å². The highest BCUT2D eigenvalue weighted by Gasteiger charge is 2.09. The highest BCUT2D eigenvalue weighted by atomic mass is 32.2. The van der Waals surface area contributed by atoms with Gasteiger partial charge >= 0.3 is 0 Å². The molecule has 0 atom stereocenters. The summed E-state index contributed by atoms with van der Waals surface area (Å²) < 4.78 is 0. The van der Waals surface area contributed by atoms with Gasteiger partial charge in [0.1, 0.15) is 0 Å². The first-order chi connectivity index (χ1) is 16.7. The van der Waals surface area contributed by atoms with Crippen LogP contribution in [0.3, 0.4) is 0 Å². The Morgan fingerprint density at radius 2 is 1.38 bits per heavy atom. The van der Waals surface area contributed by atoms with Gasteiger partial charge in [-0.2, -0.15) is 0 Å². The molecule has 0 aliphatic heterocycles. The third-order valence-electron chi connectivity index (χ3n) is 5.54. The molecular formula is C29H22N2O2S. The lowest BCUT2D eigenvalue weighted by atomic mass is 10.1. The first-order valence-electron chi connectivity index (χ1n) is 11.0. The average molecular weight is 463 g/mol. The van der Waals surface area contributed by atoms with Crippen LogP contribution in [0, 0.1) is 0 Å². The van der Waals surface area contributed by atoms with Crippen molar-refractivity contribution in [3.63, 3.8) is 0 Å². The monoisotopic (exact) mass is 462 g/mol. The number of amides is 2. The standard InChI is InChI=1S/C29H22N2O2S/c32-28(31-27-14-5-10-21-8-3-4-13-26(21)27)19-34-25-12-6-11-24(18-25)30-29(33)23-16-15-20-7-1-2-9-22(20)17-23/h1-18H,19H2,(H,30,33)(H,31,32). The van der Waals surface area contributed by atoms with Crippen LogP contribution in [0.1, 0.15) is 10.4 Å². The van der Waals surface area contributed by atoms with Crippen molar-refractivity contribution < 1.29 is 9.59 Å². The summed E-state index contributed by atoms with van der Waals surface area (Å²) in [7, 11) is 0. The van der Waals surface area contributed by atoms with Gasteiger partial charge < -0.3 is 10.6 Å². The van der Waals surface area contributed by atoms with E-state index in [1.54, 1.807) is 0 Å². The molecule has 34 heavy (non-hydrogen) atoms. The van der Waals surface area contributed by atoms with Crippen LogP contribution in [-0.4, -0.2) is 17.6 Å². The topological polar surface area (TPSA) is 58.2 Å². The maximum absolute atomic E-state index is 12.8. The summed E-state index contributed by atoms with van der Waals surface area (Å²) in [4.78, 5) is 26.3. The van der Waals surface area contributed by atoms with Gasteiger partial charge in [0.15, 0.2) is 0 Å². The molecule has 0 aliphatic rings. The third kappa shape index (κ3) is 4.95.